The van der Waals surface area contributed by atoms with Crippen molar-refractivity contribution in [1.29, 1.82) is 0 Å². The number of carbonyl (C=O) groups excluding carboxylic acids is 1. The van der Waals surface area contributed by atoms with Gasteiger partial charge in [-0.25, -0.2) is 0 Å². The molecule has 0 spiro atoms. The van der Waals surface area contributed by atoms with Crippen LogP contribution in [-0.4, -0.2) is 27.2 Å². The molecule has 0 radical (unpaired) electrons. The Balaban J connectivity index is 1.91. The first-order chi connectivity index (χ1) is 7.61. The number of hydrogen-bond acceptors (Lipinski definition) is 5. The molecule has 16 heavy (non-hydrogen) atoms. The van der Waals surface area contributed by atoms with Crippen LogP contribution in [0, 0.1) is 11.8 Å². The smallest absolute Gasteiger partial charge is 0.307 e. The van der Waals surface area contributed by atoms with Gasteiger partial charge in [-0.3, -0.25) is 9.59 Å². The Morgan fingerprint density at radius 2 is 2.25 bits per heavy atom. The summed E-state index contributed by atoms with van der Waals surface area (Å²) in [6.45, 7) is 1.95. The van der Waals surface area contributed by atoms with E-state index in [2.05, 4.69) is 15.5 Å². The molecular formula is C9H11N3O3S. The monoisotopic (exact) mass is 241 g/mol. The second kappa shape index (κ2) is 4.17. The predicted molar refractivity (Wildman–Crippen MR) is 57.1 cm³/mol. The molecule has 1 aromatic heterocycles. The van der Waals surface area contributed by atoms with Crippen molar-refractivity contribution in [2.24, 2.45) is 11.8 Å². The number of aryl methyl sites for hydroxylation is 1. The van der Waals surface area contributed by atoms with Gasteiger partial charge in [0.1, 0.15) is 5.01 Å². The normalized spacial score (nSPS) is 22.8. The van der Waals surface area contributed by atoms with Crippen molar-refractivity contribution in [2.45, 2.75) is 19.8 Å². The van der Waals surface area contributed by atoms with Gasteiger partial charge in [-0.15, -0.1) is 10.2 Å². The molecular weight excluding hydrogens is 230 g/mol. The van der Waals surface area contributed by atoms with Crippen molar-refractivity contribution in [3.05, 3.63) is 5.01 Å². The molecule has 1 fully saturated rings. The fourth-order valence-corrected chi connectivity index (χ4v) is 2.09. The van der Waals surface area contributed by atoms with Crippen molar-refractivity contribution in [3.8, 4) is 0 Å². The second-order valence-electron chi connectivity index (χ2n) is 3.63. The van der Waals surface area contributed by atoms with Gasteiger partial charge in [0.25, 0.3) is 0 Å². The van der Waals surface area contributed by atoms with Crippen LogP contribution >= 0.6 is 11.3 Å². The number of carbonyl (C=O) groups is 2. The summed E-state index contributed by atoms with van der Waals surface area (Å²) in [5.74, 6) is -2.12. The van der Waals surface area contributed by atoms with E-state index in [1.54, 1.807) is 0 Å². The molecule has 2 atom stereocenters. The summed E-state index contributed by atoms with van der Waals surface area (Å²) in [7, 11) is 0. The van der Waals surface area contributed by atoms with E-state index in [9.17, 15) is 9.59 Å². The number of carboxylic acid groups (broad SMARTS) is 1. The summed E-state index contributed by atoms with van der Waals surface area (Å²) >= 11 is 1.31. The number of nitrogens with zero attached hydrogens (tertiary/aromatic N) is 2. The lowest BCUT2D eigenvalue weighted by atomic mass is 10.3. The number of hydrogen-bond donors (Lipinski definition) is 2. The van der Waals surface area contributed by atoms with Gasteiger partial charge >= 0.3 is 5.97 Å². The Kier molecular flexibility index (Phi) is 2.86. The average Bonchev–Trinajstić information content (AvgIpc) is 2.94. The van der Waals surface area contributed by atoms with Crippen molar-refractivity contribution >= 4 is 28.3 Å². The van der Waals surface area contributed by atoms with Crippen LogP contribution in [0.2, 0.25) is 0 Å². The van der Waals surface area contributed by atoms with Crippen LogP contribution in [0.15, 0.2) is 0 Å². The lowest BCUT2D eigenvalue weighted by Crippen LogP contribution is -2.16. The molecule has 0 aliphatic heterocycles. The second-order valence-corrected chi connectivity index (χ2v) is 4.69. The van der Waals surface area contributed by atoms with Gasteiger partial charge in [0, 0.05) is 0 Å². The molecule has 0 aromatic carbocycles. The van der Waals surface area contributed by atoms with E-state index in [1.807, 2.05) is 6.92 Å². The molecule has 0 unspecified atom stereocenters. The number of carboxylic acids is 1. The minimum Gasteiger partial charge on any atom is -0.481 e. The first-order valence-electron chi connectivity index (χ1n) is 4.98. The molecule has 1 saturated carbocycles. The van der Waals surface area contributed by atoms with Crippen molar-refractivity contribution in [1.82, 2.24) is 10.2 Å². The van der Waals surface area contributed by atoms with E-state index < -0.39 is 17.8 Å². The summed E-state index contributed by atoms with van der Waals surface area (Å²) in [4.78, 5) is 22.1. The van der Waals surface area contributed by atoms with Crippen molar-refractivity contribution in [3.63, 3.8) is 0 Å². The highest BCUT2D eigenvalue weighted by Gasteiger charge is 2.48. The van der Waals surface area contributed by atoms with Crippen molar-refractivity contribution < 1.29 is 14.7 Å². The average molecular weight is 241 g/mol. The molecule has 1 aliphatic rings. The van der Waals surface area contributed by atoms with Gasteiger partial charge < -0.3 is 10.4 Å². The molecule has 1 aliphatic carbocycles. The third-order valence-electron chi connectivity index (χ3n) is 2.44. The van der Waals surface area contributed by atoms with Crippen LogP contribution in [0.4, 0.5) is 5.13 Å². The number of nitrogens with one attached hydrogen (secondary N) is 1. The van der Waals surface area contributed by atoms with Gasteiger partial charge in [-0.1, -0.05) is 18.3 Å². The van der Waals surface area contributed by atoms with E-state index in [1.165, 1.54) is 11.3 Å². The Bertz CT molecular complexity index is 431. The van der Waals surface area contributed by atoms with Gasteiger partial charge in [-0.2, -0.15) is 0 Å². The number of rotatable bonds is 4. The fourth-order valence-electron chi connectivity index (χ4n) is 1.40. The van der Waals surface area contributed by atoms with Gasteiger partial charge in [-0.05, 0) is 12.8 Å². The van der Waals surface area contributed by atoms with Gasteiger partial charge in [0.05, 0.1) is 11.8 Å². The molecule has 0 bridgehead atoms. The Hall–Kier alpha value is -1.50. The Morgan fingerprint density at radius 1 is 1.50 bits per heavy atom. The summed E-state index contributed by atoms with van der Waals surface area (Å²) in [5.41, 5.74) is 0. The molecule has 1 aromatic rings. The maximum absolute atomic E-state index is 11.6. The number of amides is 1. The van der Waals surface area contributed by atoms with Gasteiger partial charge in [0.15, 0.2) is 0 Å². The summed E-state index contributed by atoms with van der Waals surface area (Å²) in [6.07, 6.45) is 1.19. The predicted octanol–water partition coefficient (Wildman–Crippen LogP) is 0.760. The first-order valence-corrected chi connectivity index (χ1v) is 5.79. The highest BCUT2D eigenvalue weighted by molar-refractivity contribution is 7.15. The highest BCUT2D eigenvalue weighted by atomic mass is 32.1. The summed E-state index contributed by atoms with van der Waals surface area (Å²) < 4.78 is 0. The van der Waals surface area contributed by atoms with Crippen LogP contribution in [0.1, 0.15) is 18.4 Å². The zero-order chi connectivity index (χ0) is 11.7. The molecule has 2 rings (SSSR count). The quantitative estimate of drug-likeness (QED) is 0.811. The number of aliphatic carboxylic acids is 1. The van der Waals surface area contributed by atoms with E-state index >= 15 is 0 Å². The maximum Gasteiger partial charge on any atom is 0.307 e. The summed E-state index contributed by atoms with van der Waals surface area (Å²) in [6, 6.07) is 0. The fraction of sp³-hybridized carbons (Fsp3) is 0.556. The highest BCUT2D eigenvalue weighted by Crippen LogP contribution is 2.39. The summed E-state index contributed by atoms with van der Waals surface area (Å²) in [5, 5.41) is 20.2. The Labute approximate surface area is 95.7 Å². The number of aromatic nitrogens is 2. The standard InChI is InChI=1S/C9H11N3O3S/c1-2-6-11-12-9(16-6)10-7(13)4-3-5(4)8(14)15/h4-5H,2-3H2,1H3,(H,14,15)(H,10,12,13)/t4-,5-/m1/s1. The molecule has 6 nitrogen and oxygen atoms in total. The third-order valence-corrected chi connectivity index (χ3v) is 3.43. The molecule has 86 valence electrons. The molecule has 7 heteroatoms. The van der Waals surface area contributed by atoms with Crippen LogP contribution < -0.4 is 5.32 Å². The Morgan fingerprint density at radius 3 is 2.75 bits per heavy atom. The zero-order valence-electron chi connectivity index (χ0n) is 8.64. The largest absolute Gasteiger partial charge is 0.481 e. The van der Waals surface area contributed by atoms with E-state index in [0.717, 1.165) is 11.4 Å². The first kappa shape index (κ1) is 11.0. The number of anilines is 1. The minimum absolute atomic E-state index is 0.272. The van der Waals surface area contributed by atoms with E-state index in [-0.39, 0.29) is 5.91 Å². The third kappa shape index (κ3) is 2.19. The van der Waals surface area contributed by atoms with Crippen LogP contribution in [0.25, 0.3) is 0 Å². The van der Waals surface area contributed by atoms with Crippen LogP contribution in [0.3, 0.4) is 0 Å². The maximum atomic E-state index is 11.6. The topological polar surface area (TPSA) is 92.2 Å². The van der Waals surface area contributed by atoms with Gasteiger partial charge in [0.2, 0.25) is 11.0 Å². The minimum atomic E-state index is -0.910. The lowest BCUT2D eigenvalue weighted by molar-refractivity contribution is -0.139. The molecule has 2 N–H and O–H groups in total. The molecule has 1 amide bonds. The molecule has 1 heterocycles. The van der Waals surface area contributed by atoms with Crippen molar-refractivity contribution in [2.75, 3.05) is 5.32 Å². The zero-order valence-corrected chi connectivity index (χ0v) is 9.45. The van der Waals surface area contributed by atoms with E-state index in [4.69, 9.17) is 5.11 Å². The molecule has 0 saturated heterocycles. The lowest BCUT2D eigenvalue weighted by Gasteiger charge is -1.97. The van der Waals surface area contributed by atoms with E-state index in [0.29, 0.717) is 11.6 Å². The van der Waals surface area contributed by atoms with Crippen LogP contribution in [-0.2, 0) is 16.0 Å². The SMILES string of the molecule is CCc1nnc(NC(=O)[C@@H]2C[C@H]2C(=O)O)s1. The van der Waals surface area contributed by atoms with Crippen LogP contribution in [0.5, 0.6) is 0 Å².